The molecule has 0 aliphatic heterocycles. The summed E-state index contributed by atoms with van der Waals surface area (Å²) in [5.74, 6) is -0.115. The van der Waals surface area contributed by atoms with E-state index in [-0.39, 0.29) is 5.92 Å². The molecule has 3 aromatic heterocycles. The molecule has 0 amide bonds. The molecule has 100 heavy (non-hydrogen) atoms. The second-order valence-electron chi connectivity index (χ2n) is 25.8. The molecule has 0 radical (unpaired) electrons. The first-order chi connectivity index (χ1) is 49.6. The number of benzene rings is 16. The Morgan fingerprint density at radius 3 is 1.51 bits per heavy atom. The zero-order valence-corrected chi connectivity index (χ0v) is 55.2. The van der Waals surface area contributed by atoms with Gasteiger partial charge >= 0.3 is 0 Å². The van der Waals surface area contributed by atoms with Crippen molar-refractivity contribution >= 4 is 120 Å². The number of rotatable bonds is 14. The molecule has 19 aromatic rings. The molecule has 4 nitrogen and oxygen atoms in total. The maximum Gasteiger partial charge on any atom is 0.159 e. The standard InChI is InChI=1S/C95H62N2O2S/c1-6-22-64(23-7-1)85-61-75(51-53-76(85)65-42-40-62(41-43-65)69-46-52-80-79-33-16-18-38-88(79)98-89(80)60-69)96(73-48-44-63(45-49-73)68-47-57-91-86(59-68)81-34-17-19-39-90(81)100-91)74-50-54-77-70(58-74)28-20-35-78(77)82-55-56-84(92(66-24-8-2-9-25-66)67-26-10-3-11-27-67)95-93(82)83-36-21-37-87(94(83)99-95)97(71-29-12-4-13-30-71)72-31-14-5-15-32-72/h1-61,92H. The Morgan fingerprint density at radius 1 is 0.250 bits per heavy atom. The molecule has 0 saturated heterocycles. The summed E-state index contributed by atoms with van der Waals surface area (Å²) >= 11 is 1.85. The topological polar surface area (TPSA) is 32.8 Å². The highest BCUT2D eigenvalue weighted by Crippen LogP contribution is 2.51. The van der Waals surface area contributed by atoms with Crippen LogP contribution in [0.3, 0.4) is 0 Å². The minimum absolute atomic E-state index is 0.115. The second kappa shape index (κ2) is 24.7. The average molecular weight is 1300 g/mol. The fraction of sp³-hybridized carbons (Fsp3) is 0.0105. The molecule has 0 fully saturated rings. The third-order valence-corrected chi connectivity index (χ3v) is 21.2. The van der Waals surface area contributed by atoms with Gasteiger partial charge in [-0.05, 0) is 181 Å². The van der Waals surface area contributed by atoms with E-state index in [1.165, 1.54) is 36.9 Å². The van der Waals surface area contributed by atoms with Crippen LogP contribution in [-0.2, 0) is 0 Å². The molecule has 0 N–H and O–H groups in total. The molecule has 19 rings (SSSR count). The molecular formula is C95H62N2O2S. The van der Waals surface area contributed by atoms with Gasteiger partial charge in [-0.1, -0.05) is 267 Å². The lowest BCUT2D eigenvalue weighted by molar-refractivity contribution is 0.661. The number of thiophene rings is 1. The minimum Gasteiger partial charge on any atom is -0.456 e. The first-order valence-electron chi connectivity index (χ1n) is 34.1. The van der Waals surface area contributed by atoms with E-state index in [0.717, 1.165) is 144 Å². The van der Waals surface area contributed by atoms with Crippen molar-refractivity contribution < 1.29 is 8.83 Å². The summed E-state index contributed by atoms with van der Waals surface area (Å²) < 4.78 is 16.6. The smallest absolute Gasteiger partial charge is 0.159 e. The van der Waals surface area contributed by atoms with Gasteiger partial charge in [-0.3, -0.25) is 0 Å². The van der Waals surface area contributed by atoms with Crippen LogP contribution >= 0.6 is 11.3 Å². The van der Waals surface area contributed by atoms with Gasteiger partial charge in [0.25, 0.3) is 0 Å². The largest absolute Gasteiger partial charge is 0.456 e. The van der Waals surface area contributed by atoms with Gasteiger partial charge in [0.2, 0.25) is 0 Å². The molecule has 0 atom stereocenters. The highest BCUT2D eigenvalue weighted by atomic mass is 32.1. The number of fused-ring (bicyclic) bond motifs is 10. The Bertz CT molecular complexity index is 6180. The third-order valence-electron chi connectivity index (χ3n) is 20.0. The Morgan fingerprint density at radius 2 is 0.770 bits per heavy atom. The average Bonchev–Trinajstić information content (AvgIpc) is 1.53. The quantitative estimate of drug-likeness (QED) is 0.102. The summed E-state index contributed by atoms with van der Waals surface area (Å²) in [6.45, 7) is 0. The molecular weight excluding hydrogens is 1230 g/mol. The van der Waals surface area contributed by atoms with Gasteiger partial charge in [0.05, 0.1) is 5.69 Å². The van der Waals surface area contributed by atoms with Crippen LogP contribution in [0.2, 0.25) is 0 Å². The number of para-hydroxylation sites is 4. The van der Waals surface area contributed by atoms with Crippen LogP contribution in [0.5, 0.6) is 0 Å². The maximum atomic E-state index is 7.63. The van der Waals surface area contributed by atoms with Crippen LogP contribution in [0.15, 0.2) is 379 Å². The van der Waals surface area contributed by atoms with Gasteiger partial charge in [0.1, 0.15) is 16.7 Å². The van der Waals surface area contributed by atoms with Gasteiger partial charge < -0.3 is 18.6 Å². The van der Waals surface area contributed by atoms with Crippen molar-refractivity contribution in [3.05, 3.63) is 387 Å². The first-order valence-corrected chi connectivity index (χ1v) is 35.0. The monoisotopic (exact) mass is 1290 g/mol. The molecule has 470 valence electrons. The second-order valence-corrected chi connectivity index (χ2v) is 26.9. The summed E-state index contributed by atoms with van der Waals surface area (Å²) in [6, 6.07) is 134. The highest BCUT2D eigenvalue weighted by molar-refractivity contribution is 7.25. The van der Waals surface area contributed by atoms with Crippen molar-refractivity contribution in [3.63, 3.8) is 0 Å². The van der Waals surface area contributed by atoms with E-state index in [1.54, 1.807) is 0 Å². The maximum absolute atomic E-state index is 7.63. The number of hydrogen-bond acceptors (Lipinski definition) is 5. The minimum atomic E-state index is -0.115. The first kappa shape index (κ1) is 58.5. The Hall–Kier alpha value is -12.8. The van der Waals surface area contributed by atoms with Crippen LogP contribution in [0.25, 0.3) is 130 Å². The van der Waals surface area contributed by atoms with E-state index in [9.17, 15) is 0 Å². The molecule has 0 saturated carbocycles. The van der Waals surface area contributed by atoms with Crippen LogP contribution in [0.1, 0.15) is 22.6 Å². The molecule has 0 bridgehead atoms. The summed E-state index contributed by atoms with van der Waals surface area (Å²) in [7, 11) is 0. The zero-order valence-electron chi connectivity index (χ0n) is 54.4. The van der Waals surface area contributed by atoms with Crippen molar-refractivity contribution in [2.75, 3.05) is 9.80 Å². The van der Waals surface area contributed by atoms with E-state index < -0.39 is 0 Å². The van der Waals surface area contributed by atoms with E-state index in [0.29, 0.717) is 0 Å². The summed E-state index contributed by atoms with van der Waals surface area (Å²) in [5, 5.41) is 9.21. The van der Waals surface area contributed by atoms with Crippen molar-refractivity contribution in [2.24, 2.45) is 0 Å². The van der Waals surface area contributed by atoms with E-state index in [4.69, 9.17) is 8.83 Å². The summed E-state index contributed by atoms with van der Waals surface area (Å²) in [4.78, 5) is 4.75. The predicted octanol–water partition coefficient (Wildman–Crippen LogP) is 27.5. The van der Waals surface area contributed by atoms with Crippen LogP contribution in [-0.4, -0.2) is 0 Å². The highest BCUT2D eigenvalue weighted by Gasteiger charge is 2.28. The van der Waals surface area contributed by atoms with Crippen LogP contribution in [0, 0.1) is 0 Å². The van der Waals surface area contributed by atoms with Crippen molar-refractivity contribution in [2.45, 2.75) is 5.92 Å². The fourth-order valence-corrected chi connectivity index (χ4v) is 16.4. The predicted molar refractivity (Wildman–Crippen MR) is 422 cm³/mol. The summed E-state index contributed by atoms with van der Waals surface area (Å²) in [5.41, 5.74) is 24.5. The van der Waals surface area contributed by atoms with Crippen LogP contribution in [0.4, 0.5) is 34.1 Å². The van der Waals surface area contributed by atoms with E-state index in [1.807, 2.05) is 23.5 Å². The summed E-state index contributed by atoms with van der Waals surface area (Å²) in [6.07, 6.45) is 0. The lowest BCUT2D eigenvalue weighted by Gasteiger charge is -2.27. The van der Waals surface area contributed by atoms with Crippen LogP contribution < -0.4 is 9.80 Å². The molecule has 5 heteroatoms. The van der Waals surface area contributed by atoms with Crippen molar-refractivity contribution in [1.29, 1.82) is 0 Å². The fourth-order valence-electron chi connectivity index (χ4n) is 15.3. The molecule has 16 aromatic carbocycles. The normalized spacial score (nSPS) is 11.7. The number of nitrogens with zero attached hydrogens (tertiary/aromatic N) is 2. The molecule has 0 aliphatic carbocycles. The number of hydrogen-bond donors (Lipinski definition) is 0. The molecule has 0 spiro atoms. The Balaban J connectivity index is 0.771. The van der Waals surface area contributed by atoms with E-state index in [2.05, 4.69) is 368 Å². The molecule has 0 unspecified atom stereocenters. The Labute approximate surface area is 583 Å². The Kier molecular flexibility index (Phi) is 14.5. The number of anilines is 6. The van der Waals surface area contributed by atoms with Gasteiger partial charge in [0, 0.05) is 81.6 Å². The van der Waals surface area contributed by atoms with Crippen molar-refractivity contribution in [1.82, 2.24) is 0 Å². The van der Waals surface area contributed by atoms with Gasteiger partial charge in [-0.2, -0.15) is 0 Å². The van der Waals surface area contributed by atoms with Crippen molar-refractivity contribution in [3.8, 4) is 55.6 Å². The van der Waals surface area contributed by atoms with E-state index >= 15 is 0 Å². The third kappa shape index (κ3) is 10.3. The molecule has 0 aliphatic rings. The SMILES string of the molecule is c1ccc(-c2cc(N(c3ccc(-c4ccc5sc6ccccc6c5c4)cc3)c3ccc4c(-c5ccc(C(c6ccccc6)c6ccccc6)c6oc7c(N(c8ccccc8)c8ccccc8)cccc7c56)cccc4c3)ccc2-c2ccc(-c3ccc4c(c3)oc3ccccc34)cc2)cc1. The lowest BCUT2D eigenvalue weighted by Crippen LogP contribution is -2.10. The van der Waals surface area contributed by atoms with Gasteiger partial charge in [-0.25, -0.2) is 0 Å². The molecule has 3 heterocycles. The lowest BCUT2D eigenvalue weighted by atomic mass is 9.83. The zero-order chi connectivity index (χ0) is 66.0. The van der Waals surface area contributed by atoms with Gasteiger partial charge in [0.15, 0.2) is 5.58 Å². The van der Waals surface area contributed by atoms with Gasteiger partial charge in [-0.15, -0.1) is 11.3 Å². The number of furan rings is 2.